The van der Waals surface area contributed by atoms with Crippen molar-refractivity contribution in [2.24, 2.45) is 0 Å². The first-order valence-electron chi connectivity index (χ1n) is 6.10. The zero-order valence-corrected chi connectivity index (χ0v) is 11.9. The van der Waals surface area contributed by atoms with Gasteiger partial charge in [-0.25, -0.2) is 4.79 Å². The zero-order valence-electron chi connectivity index (χ0n) is 10.3. The fourth-order valence-corrected chi connectivity index (χ4v) is 2.40. The van der Waals surface area contributed by atoms with Crippen LogP contribution in [0, 0.1) is 0 Å². The van der Waals surface area contributed by atoms with Crippen molar-refractivity contribution in [1.29, 1.82) is 0 Å². The summed E-state index contributed by atoms with van der Waals surface area (Å²) in [5.74, 6) is 0. The van der Waals surface area contributed by atoms with Gasteiger partial charge in [0, 0.05) is 11.1 Å². The summed E-state index contributed by atoms with van der Waals surface area (Å²) in [5, 5.41) is 5.71. The predicted molar refractivity (Wildman–Crippen MR) is 74.7 cm³/mol. The Balaban J connectivity index is 1.86. The van der Waals surface area contributed by atoms with Crippen molar-refractivity contribution in [2.75, 3.05) is 11.9 Å². The van der Waals surface area contributed by atoms with Crippen molar-refractivity contribution in [3.8, 4) is 0 Å². The number of anilines is 1. The van der Waals surface area contributed by atoms with Crippen LogP contribution in [-0.4, -0.2) is 24.8 Å². The van der Waals surface area contributed by atoms with Gasteiger partial charge in [-0.3, -0.25) is 0 Å². The molecule has 1 aromatic rings. The molecule has 0 bridgehead atoms. The van der Waals surface area contributed by atoms with Gasteiger partial charge in [0.1, 0.15) is 0 Å². The number of halogens is 1. The molecule has 1 aliphatic rings. The maximum Gasteiger partial charge on any atom is 0.319 e. The Kier molecular flexibility index (Phi) is 4.60. The Morgan fingerprint density at radius 3 is 2.94 bits per heavy atom. The summed E-state index contributed by atoms with van der Waals surface area (Å²) >= 11 is 3.39. The van der Waals surface area contributed by atoms with E-state index in [9.17, 15) is 4.79 Å². The summed E-state index contributed by atoms with van der Waals surface area (Å²) in [5.41, 5.74) is 0.759. The van der Waals surface area contributed by atoms with Gasteiger partial charge in [0.15, 0.2) is 0 Å². The molecule has 2 N–H and O–H groups in total. The van der Waals surface area contributed by atoms with Crippen molar-refractivity contribution >= 4 is 27.6 Å². The third-order valence-electron chi connectivity index (χ3n) is 3.00. The van der Waals surface area contributed by atoms with Gasteiger partial charge in [0.2, 0.25) is 0 Å². The second kappa shape index (κ2) is 6.20. The summed E-state index contributed by atoms with van der Waals surface area (Å²) in [7, 11) is 0. The number of ether oxygens (including phenoxy) is 1. The van der Waals surface area contributed by atoms with Crippen LogP contribution in [0.1, 0.15) is 19.8 Å². The molecule has 0 spiro atoms. The second-order valence-electron chi connectivity index (χ2n) is 4.42. The highest BCUT2D eigenvalue weighted by Gasteiger charge is 2.23. The van der Waals surface area contributed by atoms with Crippen LogP contribution < -0.4 is 10.6 Å². The number of carbonyl (C=O) groups excluding carboxylic acids is 1. The Labute approximate surface area is 115 Å². The van der Waals surface area contributed by atoms with Gasteiger partial charge in [-0.1, -0.05) is 12.1 Å². The first-order valence-corrected chi connectivity index (χ1v) is 6.90. The molecular weight excluding hydrogens is 296 g/mol. The highest BCUT2D eigenvalue weighted by Crippen LogP contribution is 2.21. The van der Waals surface area contributed by atoms with E-state index in [0.29, 0.717) is 0 Å². The minimum Gasteiger partial charge on any atom is -0.376 e. The summed E-state index contributed by atoms with van der Waals surface area (Å²) < 4.78 is 6.40. The van der Waals surface area contributed by atoms with E-state index in [4.69, 9.17) is 4.74 Å². The van der Waals surface area contributed by atoms with E-state index in [1.54, 1.807) is 0 Å². The first-order chi connectivity index (χ1) is 8.66. The third-order valence-corrected chi connectivity index (χ3v) is 3.69. The third kappa shape index (κ3) is 3.46. The van der Waals surface area contributed by atoms with Crippen molar-refractivity contribution in [3.63, 3.8) is 0 Å². The van der Waals surface area contributed by atoms with Crippen LogP contribution >= 0.6 is 15.9 Å². The molecule has 1 aliphatic heterocycles. The molecule has 1 fully saturated rings. The van der Waals surface area contributed by atoms with Crippen LogP contribution in [0.25, 0.3) is 0 Å². The van der Waals surface area contributed by atoms with Gasteiger partial charge in [-0.05, 0) is 47.8 Å². The number of urea groups is 1. The molecule has 0 unspecified atom stereocenters. The van der Waals surface area contributed by atoms with Gasteiger partial charge in [-0.2, -0.15) is 0 Å². The number of para-hydroxylation sites is 1. The summed E-state index contributed by atoms with van der Waals surface area (Å²) in [6.45, 7) is 2.76. The van der Waals surface area contributed by atoms with Gasteiger partial charge < -0.3 is 15.4 Å². The van der Waals surface area contributed by atoms with E-state index in [0.717, 1.165) is 29.6 Å². The van der Waals surface area contributed by atoms with E-state index >= 15 is 0 Å². The lowest BCUT2D eigenvalue weighted by atomic mass is 10.1. The molecule has 1 aromatic carbocycles. The quantitative estimate of drug-likeness (QED) is 0.901. The van der Waals surface area contributed by atoms with Crippen molar-refractivity contribution in [1.82, 2.24) is 5.32 Å². The fraction of sp³-hybridized carbons (Fsp3) is 0.462. The predicted octanol–water partition coefficient (Wildman–Crippen LogP) is 3.14. The molecule has 0 radical (unpaired) electrons. The summed E-state index contributed by atoms with van der Waals surface area (Å²) in [4.78, 5) is 11.8. The lowest BCUT2D eigenvalue weighted by Gasteiger charge is -2.20. The largest absolute Gasteiger partial charge is 0.376 e. The first kappa shape index (κ1) is 13.4. The minimum absolute atomic E-state index is 0.0231. The number of benzene rings is 1. The molecule has 2 amide bonds. The van der Waals surface area contributed by atoms with Crippen molar-refractivity contribution in [3.05, 3.63) is 28.7 Å². The lowest BCUT2D eigenvalue weighted by molar-refractivity contribution is 0.0868. The normalized spacial score (nSPS) is 20.4. The van der Waals surface area contributed by atoms with Crippen LogP contribution in [0.15, 0.2) is 28.7 Å². The van der Waals surface area contributed by atoms with E-state index in [2.05, 4.69) is 26.6 Å². The maximum atomic E-state index is 11.8. The smallest absolute Gasteiger partial charge is 0.319 e. The average Bonchev–Trinajstić information content (AvgIpc) is 2.85. The molecule has 18 heavy (non-hydrogen) atoms. The van der Waals surface area contributed by atoms with E-state index in [1.807, 2.05) is 31.2 Å². The van der Waals surface area contributed by atoms with Gasteiger partial charge >= 0.3 is 6.03 Å². The topological polar surface area (TPSA) is 50.4 Å². The van der Waals surface area contributed by atoms with E-state index in [-0.39, 0.29) is 18.2 Å². The fourth-order valence-electron chi connectivity index (χ4n) is 2.02. The van der Waals surface area contributed by atoms with Gasteiger partial charge in [0.05, 0.1) is 17.8 Å². The van der Waals surface area contributed by atoms with Crippen molar-refractivity contribution < 1.29 is 9.53 Å². The van der Waals surface area contributed by atoms with Crippen LogP contribution in [0.5, 0.6) is 0 Å². The highest BCUT2D eigenvalue weighted by atomic mass is 79.9. The SMILES string of the molecule is C[C@H](NC(=O)Nc1ccccc1Br)[C@H]1CCCO1. The minimum atomic E-state index is -0.204. The van der Waals surface area contributed by atoms with Crippen LogP contribution in [0.4, 0.5) is 10.5 Å². The molecule has 0 saturated carbocycles. The molecule has 98 valence electrons. The molecule has 2 rings (SSSR count). The Morgan fingerprint density at radius 2 is 2.28 bits per heavy atom. The van der Waals surface area contributed by atoms with Crippen LogP contribution in [0.3, 0.4) is 0 Å². The Bertz CT molecular complexity index is 419. The van der Waals surface area contributed by atoms with Gasteiger partial charge in [-0.15, -0.1) is 0 Å². The maximum absolute atomic E-state index is 11.8. The number of hydrogen-bond donors (Lipinski definition) is 2. The molecule has 0 aliphatic carbocycles. The number of rotatable bonds is 3. The number of carbonyl (C=O) groups is 1. The molecule has 1 heterocycles. The number of hydrogen-bond acceptors (Lipinski definition) is 2. The molecule has 4 nitrogen and oxygen atoms in total. The molecule has 0 aromatic heterocycles. The van der Waals surface area contributed by atoms with E-state index in [1.165, 1.54) is 0 Å². The zero-order chi connectivity index (χ0) is 13.0. The highest BCUT2D eigenvalue weighted by molar-refractivity contribution is 9.10. The molecule has 2 atom stereocenters. The molecule has 1 saturated heterocycles. The Morgan fingerprint density at radius 1 is 1.50 bits per heavy atom. The van der Waals surface area contributed by atoms with Crippen LogP contribution in [-0.2, 0) is 4.74 Å². The van der Waals surface area contributed by atoms with Gasteiger partial charge in [0.25, 0.3) is 0 Å². The molecular formula is C13H17BrN2O2. The standard InChI is InChI=1S/C13H17BrN2O2/c1-9(12-7-4-8-18-12)15-13(17)16-11-6-3-2-5-10(11)14/h2-3,5-6,9,12H,4,7-8H2,1H3,(H2,15,16,17)/t9-,12+/m0/s1. The second-order valence-corrected chi connectivity index (χ2v) is 5.27. The average molecular weight is 313 g/mol. The summed E-state index contributed by atoms with van der Waals surface area (Å²) in [6.07, 6.45) is 2.22. The lowest BCUT2D eigenvalue weighted by Crippen LogP contribution is -2.43. The number of nitrogens with one attached hydrogen (secondary N) is 2. The Hall–Kier alpha value is -1.07. The monoisotopic (exact) mass is 312 g/mol. The van der Waals surface area contributed by atoms with Crippen LogP contribution in [0.2, 0.25) is 0 Å². The van der Waals surface area contributed by atoms with Crippen molar-refractivity contribution in [2.45, 2.75) is 31.9 Å². The molecule has 5 heteroatoms. The summed E-state index contributed by atoms with van der Waals surface area (Å²) in [6, 6.07) is 7.34. The van der Waals surface area contributed by atoms with E-state index < -0.39 is 0 Å². The number of amides is 2.